The van der Waals surface area contributed by atoms with Gasteiger partial charge in [-0.2, -0.15) is 0 Å². The molecule has 2 nitrogen and oxygen atoms in total. The number of hydrogen-bond acceptors (Lipinski definition) is 1. The number of fused-ring (bicyclic) bond motifs is 3. The number of aromatic nitrogens is 1. The summed E-state index contributed by atoms with van der Waals surface area (Å²) in [5.74, 6) is 0. The summed E-state index contributed by atoms with van der Waals surface area (Å²) in [7, 11) is 0. The molecule has 0 saturated carbocycles. The van der Waals surface area contributed by atoms with Crippen molar-refractivity contribution in [2.75, 3.05) is 4.90 Å². The largest absolute Gasteiger partial charge is 0.310 e. The molecule has 0 fully saturated rings. The second kappa shape index (κ2) is 12.2. The fraction of sp³-hybridized carbons (Fsp3) is 0. The average molecular weight is 687 g/mol. The summed E-state index contributed by atoms with van der Waals surface area (Å²) in [6.45, 7) is 0. The van der Waals surface area contributed by atoms with E-state index >= 15 is 0 Å². The maximum atomic E-state index is 2.46. The Balaban J connectivity index is 1.22. The molecule has 0 amide bonds. The van der Waals surface area contributed by atoms with Crippen LogP contribution in [-0.2, 0) is 0 Å². The van der Waals surface area contributed by atoms with E-state index in [1.165, 1.54) is 76.4 Å². The highest BCUT2D eigenvalue weighted by atomic mass is 15.1. The quantitative estimate of drug-likeness (QED) is 0.158. The van der Waals surface area contributed by atoms with Gasteiger partial charge in [0, 0.05) is 33.2 Å². The molecule has 1 heterocycles. The maximum Gasteiger partial charge on any atom is 0.0562 e. The van der Waals surface area contributed by atoms with E-state index in [2.05, 4.69) is 216 Å². The van der Waals surface area contributed by atoms with E-state index in [1.54, 1.807) is 0 Å². The SMILES string of the molecule is c1ccc(-c2cccc(N(c3ccc4c5c(-c6ccccc6)cccc5n(-c5ccccc5)c4c3)c3ccc4ccc5cccc6ccc3c4c56)c2)cc1. The van der Waals surface area contributed by atoms with Gasteiger partial charge in [0.1, 0.15) is 0 Å². The lowest BCUT2D eigenvalue weighted by atomic mass is 9.93. The Morgan fingerprint density at radius 3 is 1.70 bits per heavy atom. The molecule has 54 heavy (non-hydrogen) atoms. The summed E-state index contributed by atoms with van der Waals surface area (Å²) in [6, 6.07) is 75.3. The van der Waals surface area contributed by atoms with E-state index < -0.39 is 0 Å². The minimum absolute atomic E-state index is 1.10. The van der Waals surface area contributed by atoms with Crippen molar-refractivity contribution in [2.45, 2.75) is 0 Å². The Morgan fingerprint density at radius 2 is 0.926 bits per heavy atom. The smallest absolute Gasteiger partial charge is 0.0562 e. The second-order valence-corrected chi connectivity index (χ2v) is 14.1. The maximum absolute atomic E-state index is 2.46. The molecule has 0 aliphatic heterocycles. The van der Waals surface area contributed by atoms with Gasteiger partial charge in [-0.3, -0.25) is 0 Å². The molecule has 0 unspecified atom stereocenters. The first-order valence-electron chi connectivity index (χ1n) is 18.6. The normalized spacial score (nSPS) is 11.7. The zero-order valence-electron chi connectivity index (χ0n) is 29.5. The van der Waals surface area contributed by atoms with Gasteiger partial charge in [0.25, 0.3) is 0 Å². The molecule has 0 aliphatic carbocycles. The van der Waals surface area contributed by atoms with Crippen LogP contribution in [0.15, 0.2) is 206 Å². The molecule has 11 aromatic rings. The van der Waals surface area contributed by atoms with Crippen LogP contribution in [0.1, 0.15) is 0 Å². The van der Waals surface area contributed by atoms with Crippen molar-refractivity contribution in [1.29, 1.82) is 0 Å². The highest BCUT2D eigenvalue weighted by Crippen LogP contribution is 2.46. The van der Waals surface area contributed by atoms with Crippen molar-refractivity contribution < 1.29 is 0 Å². The number of hydrogen-bond donors (Lipinski definition) is 0. The van der Waals surface area contributed by atoms with Gasteiger partial charge in [0.05, 0.1) is 16.7 Å². The molecule has 11 rings (SSSR count). The van der Waals surface area contributed by atoms with Crippen molar-refractivity contribution in [3.8, 4) is 27.9 Å². The molecule has 252 valence electrons. The molecule has 1 aromatic heterocycles. The third-order valence-electron chi connectivity index (χ3n) is 11.1. The Morgan fingerprint density at radius 1 is 0.333 bits per heavy atom. The predicted octanol–water partition coefficient (Wildman–Crippen LogP) is 14.5. The monoisotopic (exact) mass is 686 g/mol. The Hall–Kier alpha value is -7.16. The van der Waals surface area contributed by atoms with Gasteiger partial charge in [-0.05, 0) is 97.7 Å². The van der Waals surface area contributed by atoms with Gasteiger partial charge in [0.15, 0.2) is 0 Å². The standard InChI is InChI=1S/C52H34N2/c1-4-13-35(14-5-1)40-19-11-22-42(33-40)53(47-32-28-39-26-25-37-17-10-18-38-27-30-45(47)51(39)50(37)38)43-29-31-46-49(34-43)54(41-20-8-3-9-21-41)48-24-12-23-44(52(46)48)36-15-6-2-7-16-36/h1-34H. The van der Waals surface area contributed by atoms with E-state index in [9.17, 15) is 0 Å². The summed E-state index contributed by atoms with van der Waals surface area (Å²) >= 11 is 0. The van der Waals surface area contributed by atoms with Gasteiger partial charge in [0.2, 0.25) is 0 Å². The molecule has 0 N–H and O–H groups in total. The average Bonchev–Trinajstić information content (AvgIpc) is 3.58. The molecule has 0 radical (unpaired) electrons. The molecule has 0 aliphatic rings. The molecular formula is C52H34N2. The van der Waals surface area contributed by atoms with E-state index in [0.717, 1.165) is 22.7 Å². The zero-order valence-corrected chi connectivity index (χ0v) is 29.5. The van der Waals surface area contributed by atoms with Gasteiger partial charge in [-0.15, -0.1) is 0 Å². The Kier molecular flexibility index (Phi) is 6.90. The molecule has 0 atom stereocenters. The summed E-state index contributed by atoms with van der Waals surface area (Å²) in [4.78, 5) is 2.46. The summed E-state index contributed by atoms with van der Waals surface area (Å²) in [5, 5.41) is 10.1. The van der Waals surface area contributed by atoms with Gasteiger partial charge >= 0.3 is 0 Å². The fourth-order valence-electron chi connectivity index (χ4n) is 8.71. The van der Waals surface area contributed by atoms with E-state index in [4.69, 9.17) is 0 Å². The van der Waals surface area contributed by atoms with Crippen LogP contribution < -0.4 is 4.90 Å². The van der Waals surface area contributed by atoms with Crippen LogP contribution >= 0.6 is 0 Å². The fourth-order valence-corrected chi connectivity index (χ4v) is 8.71. The third kappa shape index (κ3) is 4.74. The van der Waals surface area contributed by atoms with Crippen LogP contribution in [0.2, 0.25) is 0 Å². The molecule has 10 aromatic carbocycles. The van der Waals surface area contributed by atoms with Gasteiger partial charge in [-0.1, -0.05) is 158 Å². The third-order valence-corrected chi connectivity index (χ3v) is 11.1. The molecular weight excluding hydrogens is 653 g/mol. The lowest BCUT2D eigenvalue weighted by Gasteiger charge is -2.28. The van der Waals surface area contributed by atoms with Gasteiger partial charge < -0.3 is 9.47 Å². The second-order valence-electron chi connectivity index (χ2n) is 14.1. The Bertz CT molecular complexity index is 3130. The molecule has 0 saturated heterocycles. The highest BCUT2D eigenvalue weighted by Gasteiger charge is 2.22. The first-order chi connectivity index (χ1) is 26.8. The van der Waals surface area contributed by atoms with Crippen LogP contribution in [0.5, 0.6) is 0 Å². The number of para-hydroxylation sites is 1. The van der Waals surface area contributed by atoms with Crippen molar-refractivity contribution >= 4 is 71.2 Å². The molecule has 2 heteroatoms. The molecule has 0 bridgehead atoms. The lowest BCUT2D eigenvalue weighted by Crippen LogP contribution is -2.11. The predicted molar refractivity (Wildman–Crippen MR) is 230 cm³/mol. The molecule has 0 spiro atoms. The summed E-state index contributed by atoms with van der Waals surface area (Å²) in [6.07, 6.45) is 0. The summed E-state index contributed by atoms with van der Waals surface area (Å²) in [5.41, 5.74) is 11.7. The number of rotatable bonds is 6. The van der Waals surface area contributed by atoms with E-state index in [1.807, 2.05) is 0 Å². The minimum atomic E-state index is 1.10. The minimum Gasteiger partial charge on any atom is -0.310 e. The van der Waals surface area contributed by atoms with Crippen molar-refractivity contribution in [2.24, 2.45) is 0 Å². The number of benzene rings is 10. The number of anilines is 3. The highest BCUT2D eigenvalue weighted by molar-refractivity contribution is 6.26. The first kappa shape index (κ1) is 30.5. The van der Waals surface area contributed by atoms with Crippen molar-refractivity contribution in [3.63, 3.8) is 0 Å². The first-order valence-corrected chi connectivity index (χ1v) is 18.6. The van der Waals surface area contributed by atoms with E-state index in [-0.39, 0.29) is 0 Å². The van der Waals surface area contributed by atoms with Crippen LogP contribution in [0.4, 0.5) is 17.1 Å². The topological polar surface area (TPSA) is 8.17 Å². The Labute approximate surface area is 313 Å². The van der Waals surface area contributed by atoms with Gasteiger partial charge in [-0.25, -0.2) is 0 Å². The zero-order chi connectivity index (χ0) is 35.6. The van der Waals surface area contributed by atoms with Crippen molar-refractivity contribution in [3.05, 3.63) is 206 Å². The van der Waals surface area contributed by atoms with Crippen LogP contribution in [0.25, 0.3) is 82.1 Å². The summed E-state index contributed by atoms with van der Waals surface area (Å²) < 4.78 is 2.43. The number of nitrogens with zero attached hydrogens (tertiary/aromatic N) is 2. The van der Waals surface area contributed by atoms with E-state index in [0.29, 0.717) is 0 Å². The van der Waals surface area contributed by atoms with Crippen LogP contribution in [-0.4, -0.2) is 4.57 Å². The van der Waals surface area contributed by atoms with Crippen LogP contribution in [0, 0.1) is 0 Å². The van der Waals surface area contributed by atoms with Crippen LogP contribution in [0.3, 0.4) is 0 Å². The van der Waals surface area contributed by atoms with Crippen molar-refractivity contribution in [1.82, 2.24) is 4.57 Å². The lowest BCUT2D eigenvalue weighted by molar-refractivity contribution is 1.18.